The molecule has 0 spiro atoms. The van der Waals surface area contributed by atoms with Gasteiger partial charge in [-0.1, -0.05) is 29.8 Å². The van der Waals surface area contributed by atoms with Crippen LogP contribution in [0.5, 0.6) is 0 Å². The van der Waals surface area contributed by atoms with Gasteiger partial charge in [-0.2, -0.15) is 0 Å². The van der Waals surface area contributed by atoms with Gasteiger partial charge in [-0.25, -0.2) is 4.98 Å². The fourth-order valence-corrected chi connectivity index (χ4v) is 3.73. The van der Waals surface area contributed by atoms with E-state index < -0.39 is 18.0 Å². The summed E-state index contributed by atoms with van der Waals surface area (Å²) in [6, 6.07) is 14.7. The molecule has 0 unspecified atom stereocenters. The zero-order chi connectivity index (χ0) is 19.2. The van der Waals surface area contributed by atoms with Crippen molar-refractivity contribution in [3.05, 3.63) is 58.6 Å². The van der Waals surface area contributed by atoms with Gasteiger partial charge in [0.05, 0.1) is 15.2 Å². The number of para-hydroxylation sites is 1. The Kier molecular flexibility index (Phi) is 6.42. The van der Waals surface area contributed by atoms with E-state index in [1.54, 1.807) is 42.5 Å². The van der Waals surface area contributed by atoms with Gasteiger partial charge in [0, 0.05) is 17.1 Å². The Morgan fingerprint density at radius 1 is 1.22 bits per heavy atom. The highest BCUT2D eigenvalue weighted by atomic mass is 35.5. The molecule has 1 atom stereocenters. The smallest absolute Gasteiger partial charge is 0.306 e. The summed E-state index contributed by atoms with van der Waals surface area (Å²) in [7, 11) is 0. The molecule has 5 nitrogen and oxygen atoms in total. The maximum Gasteiger partial charge on any atom is 0.306 e. The van der Waals surface area contributed by atoms with Crippen molar-refractivity contribution >= 4 is 50.7 Å². The minimum Gasteiger partial charge on any atom is -0.453 e. The molecule has 1 heterocycles. The van der Waals surface area contributed by atoms with Gasteiger partial charge in [0.15, 0.2) is 6.10 Å². The Morgan fingerprint density at radius 3 is 2.81 bits per heavy atom. The number of carbonyl (C=O) groups excluding carboxylic acids is 2. The predicted molar refractivity (Wildman–Crippen MR) is 108 cm³/mol. The first kappa shape index (κ1) is 19.3. The van der Waals surface area contributed by atoms with E-state index in [1.807, 2.05) is 24.3 Å². The standard InChI is InChI=1S/C20H19ClN2O3S/c1-13(20(25)22-15-7-4-6-14(21)12-15)26-19(24)11-5-10-18-23-16-8-2-3-9-17(16)27-18/h2-4,6-9,12-13H,5,10-11H2,1H3,(H,22,25)/t13-/m1/s1. The number of halogens is 1. The molecule has 1 aromatic heterocycles. The lowest BCUT2D eigenvalue weighted by Crippen LogP contribution is -2.29. The molecule has 0 aliphatic carbocycles. The second kappa shape index (κ2) is 8.97. The molecule has 0 radical (unpaired) electrons. The molecular formula is C20H19ClN2O3S. The lowest BCUT2D eigenvalue weighted by atomic mass is 10.2. The lowest BCUT2D eigenvalue weighted by molar-refractivity contribution is -0.153. The maximum absolute atomic E-state index is 12.1. The molecule has 1 amide bonds. The van der Waals surface area contributed by atoms with E-state index in [0.717, 1.165) is 15.2 Å². The Labute approximate surface area is 166 Å². The molecule has 140 valence electrons. The Morgan fingerprint density at radius 2 is 2.04 bits per heavy atom. The topological polar surface area (TPSA) is 68.3 Å². The molecule has 27 heavy (non-hydrogen) atoms. The number of nitrogens with one attached hydrogen (secondary N) is 1. The summed E-state index contributed by atoms with van der Waals surface area (Å²) in [6.45, 7) is 1.55. The molecule has 3 rings (SSSR count). The summed E-state index contributed by atoms with van der Waals surface area (Å²) in [5, 5.41) is 4.19. The van der Waals surface area contributed by atoms with Gasteiger partial charge in [0.25, 0.3) is 5.91 Å². The van der Waals surface area contributed by atoms with Gasteiger partial charge < -0.3 is 10.1 Å². The average Bonchev–Trinajstić information content (AvgIpc) is 3.04. The number of thiazole rings is 1. The summed E-state index contributed by atoms with van der Waals surface area (Å²) in [6.07, 6.45) is 0.697. The zero-order valence-electron chi connectivity index (χ0n) is 14.8. The van der Waals surface area contributed by atoms with E-state index >= 15 is 0 Å². The summed E-state index contributed by atoms with van der Waals surface area (Å²) in [5.74, 6) is -0.790. The van der Waals surface area contributed by atoms with Gasteiger partial charge in [-0.15, -0.1) is 11.3 Å². The van der Waals surface area contributed by atoms with Crippen LogP contribution in [-0.2, 0) is 20.7 Å². The first-order valence-electron chi connectivity index (χ1n) is 8.61. The van der Waals surface area contributed by atoms with E-state index in [4.69, 9.17) is 16.3 Å². The van der Waals surface area contributed by atoms with Crippen molar-refractivity contribution in [1.29, 1.82) is 0 Å². The van der Waals surface area contributed by atoms with Crippen LogP contribution in [0.3, 0.4) is 0 Å². The lowest BCUT2D eigenvalue weighted by Gasteiger charge is -2.13. The number of aromatic nitrogens is 1. The highest BCUT2D eigenvalue weighted by molar-refractivity contribution is 7.18. The molecule has 1 N–H and O–H groups in total. The highest BCUT2D eigenvalue weighted by Gasteiger charge is 2.18. The minimum absolute atomic E-state index is 0.241. The first-order chi connectivity index (χ1) is 13.0. The van der Waals surface area contributed by atoms with Crippen LogP contribution >= 0.6 is 22.9 Å². The van der Waals surface area contributed by atoms with Crippen LogP contribution in [-0.4, -0.2) is 23.0 Å². The number of ether oxygens (including phenoxy) is 1. The second-order valence-electron chi connectivity index (χ2n) is 6.06. The van der Waals surface area contributed by atoms with Gasteiger partial charge in [0.2, 0.25) is 0 Å². The van der Waals surface area contributed by atoms with E-state index in [0.29, 0.717) is 23.6 Å². The van der Waals surface area contributed by atoms with Crippen molar-refractivity contribution in [1.82, 2.24) is 4.98 Å². The summed E-state index contributed by atoms with van der Waals surface area (Å²) in [5.41, 5.74) is 1.54. The van der Waals surface area contributed by atoms with Gasteiger partial charge in [0.1, 0.15) is 0 Å². The van der Waals surface area contributed by atoms with E-state index in [-0.39, 0.29) is 6.42 Å². The van der Waals surface area contributed by atoms with Crippen LogP contribution in [0, 0.1) is 0 Å². The number of aryl methyl sites for hydroxylation is 1. The fraction of sp³-hybridized carbons (Fsp3) is 0.250. The molecule has 0 saturated heterocycles. The van der Waals surface area contributed by atoms with Crippen LogP contribution in [0.25, 0.3) is 10.2 Å². The van der Waals surface area contributed by atoms with Crippen molar-refractivity contribution < 1.29 is 14.3 Å². The molecule has 0 fully saturated rings. The van der Waals surface area contributed by atoms with Crippen molar-refractivity contribution in [3.63, 3.8) is 0 Å². The molecule has 2 aromatic carbocycles. The molecule has 0 saturated carbocycles. The summed E-state index contributed by atoms with van der Waals surface area (Å²) < 4.78 is 6.35. The molecule has 3 aromatic rings. The fourth-order valence-electron chi connectivity index (χ4n) is 2.53. The van der Waals surface area contributed by atoms with Crippen LogP contribution in [0.2, 0.25) is 5.02 Å². The second-order valence-corrected chi connectivity index (χ2v) is 7.61. The number of anilines is 1. The quantitative estimate of drug-likeness (QED) is 0.574. The Hall–Kier alpha value is -2.44. The average molecular weight is 403 g/mol. The number of nitrogens with zero attached hydrogens (tertiary/aromatic N) is 1. The number of benzene rings is 2. The molecular weight excluding hydrogens is 384 g/mol. The summed E-state index contributed by atoms with van der Waals surface area (Å²) >= 11 is 7.52. The van der Waals surface area contributed by atoms with Crippen LogP contribution < -0.4 is 5.32 Å². The van der Waals surface area contributed by atoms with Crippen LogP contribution in [0.1, 0.15) is 24.8 Å². The van der Waals surface area contributed by atoms with Crippen LogP contribution in [0.4, 0.5) is 5.69 Å². The Balaban J connectivity index is 1.43. The zero-order valence-corrected chi connectivity index (χ0v) is 16.3. The van der Waals surface area contributed by atoms with Gasteiger partial charge in [-0.3, -0.25) is 9.59 Å². The molecule has 0 bridgehead atoms. The number of hydrogen-bond acceptors (Lipinski definition) is 5. The van der Waals surface area contributed by atoms with E-state index in [9.17, 15) is 9.59 Å². The van der Waals surface area contributed by atoms with E-state index in [2.05, 4.69) is 10.3 Å². The van der Waals surface area contributed by atoms with Crippen molar-refractivity contribution in [2.75, 3.05) is 5.32 Å². The molecule has 7 heteroatoms. The first-order valence-corrected chi connectivity index (χ1v) is 9.81. The van der Waals surface area contributed by atoms with Crippen molar-refractivity contribution in [3.8, 4) is 0 Å². The number of esters is 1. The third-order valence-electron chi connectivity index (χ3n) is 3.88. The third-order valence-corrected chi connectivity index (χ3v) is 5.21. The number of rotatable bonds is 7. The predicted octanol–water partition coefficient (Wildman–Crippen LogP) is 4.84. The van der Waals surface area contributed by atoms with Crippen molar-refractivity contribution in [2.24, 2.45) is 0 Å². The maximum atomic E-state index is 12.1. The molecule has 0 aliphatic heterocycles. The number of carbonyl (C=O) groups is 2. The highest BCUT2D eigenvalue weighted by Crippen LogP contribution is 2.22. The van der Waals surface area contributed by atoms with Gasteiger partial charge >= 0.3 is 5.97 Å². The van der Waals surface area contributed by atoms with Gasteiger partial charge in [-0.05, 0) is 50.1 Å². The number of amides is 1. The SMILES string of the molecule is C[C@@H](OC(=O)CCCc1nc2ccccc2s1)C(=O)Nc1cccc(Cl)c1. The number of fused-ring (bicyclic) bond motifs is 1. The number of hydrogen-bond donors (Lipinski definition) is 1. The normalized spacial score (nSPS) is 11.9. The van der Waals surface area contributed by atoms with Crippen LogP contribution in [0.15, 0.2) is 48.5 Å². The largest absolute Gasteiger partial charge is 0.453 e. The molecule has 0 aliphatic rings. The third kappa shape index (κ3) is 5.52. The Bertz CT molecular complexity index is 924. The van der Waals surface area contributed by atoms with Crippen molar-refractivity contribution in [2.45, 2.75) is 32.3 Å². The monoisotopic (exact) mass is 402 g/mol. The van der Waals surface area contributed by atoms with E-state index in [1.165, 1.54) is 0 Å². The minimum atomic E-state index is -0.876. The summed E-state index contributed by atoms with van der Waals surface area (Å²) in [4.78, 5) is 28.6.